The molecule has 1 aliphatic carbocycles. The summed E-state index contributed by atoms with van der Waals surface area (Å²) in [6.45, 7) is 19.8. The Bertz CT molecular complexity index is 1750. The van der Waals surface area contributed by atoms with Gasteiger partial charge in [-0.25, -0.2) is 0 Å². The molecule has 0 spiro atoms. The first-order valence-electron chi connectivity index (χ1n) is 17.3. The third-order valence-electron chi connectivity index (χ3n) is 7.73. The zero-order chi connectivity index (χ0) is 35.9. The lowest BCUT2D eigenvalue weighted by atomic mass is 9.90. The Hall–Kier alpha value is -4.70. The van der Waals surface area contributed by atoms with Gasteiger partial charge in [-0.1, -0.05) is 149 Å². The van der Waals surface area contributed by atoms with Gasteiger partial charge >= 0.3 is 0 Å². The van der Waals surface area contributed by atoms with E-state index in [1.165, 1.54) is 75.2 Å². The van der Waals surface area contributed by atoms with Crippen LogP contribution in [-0.2, 0) is 0 Å². The summed E-state index contributed by atoms with van der Waals surface area (Å²) in [7, 11) is 3.58. The summed E-state index contributed by atoms with van der Waals surface area (Å²) in [5.41, 5.74) is 11.6. The fraction of sp³-hybridized carbons (Fsp3) is 0.217. The van der Waals surface area contributed by atoms with E-state index in [1.54, 1.807) is 12.2 Å². The van der Waals surface area contributed by atoms with Gasteiger partial charge in [0.1, 0.15) is 0 Å². The van der Waals surface area contributed by atoms with Crippen molar-refractivity contribution in [3.63, 3.8) is 0 Å². The van der Waals surface area contributed by atoms with Crippen LogP contribution in [0.2, 0.25) is 0 Å². The van der Waals surface area contributed by atoms with E-state index < -0.39 is 0 Å². The van der Waals surface area contributed by atoms with Crippen LogP contribution in [0.4, 0.5) is 0 Å². The first-order valence-corrected chi connectivity index (χ1v) is 18.1. The Morgan fingerprint density at radius 1 is 0.714 bits per heavy atom. The van der Waals surface area contributed by atoms with Crippen molar-refractivity contribution in [1.82, 2.24) is 4.90 Å². The number of nitrogens with zero attached hydrogens (tertiary/aromatic N) is 1. The van der Waals surface area contributed by atoms with Crippen LogP contribution in [0.25, 0.3) is 42.9 Å². The van der Waals surface area contributed by atoms with Crippen molar-refractivity contribution >= 4 is 43.2 Å². The summed E-state index contributed by atoms with van der Waals surface area (Å²) < 4.78 is 2.63. The van der Waals surface area contributed by atoms with Gasteiger partial charge < -0.3 is 10.6 Å². The molecule has 0 saturated carbocycles. The molecule has 0 atom stereocenters. The van der Waals surface area contributed by atoms with Gasteiger partial charge in [0.25, 0.3) is 0 Å². The summed E-state index contributed by atoms with van der Waals surface area (Å²) in [6.07, 6.45) is 31.5. The fourth-order valence-corrected chi connectivity index (χ4v) is 6.58. The van der Waals surface area contributed by atoms with Crippen LogP contribution >= 0.6 is 11.3 Å². The van der Waals surface area contributed by atoms with Crippen molar-refractivity contribution in [2.75, 3.05) is 14.1 Å². The monoisotopic (exact) mass is 668 g/mol. The van der Waals surface area contributed by atoms with Gasteiger partial charge in [-0.05, 0) is 97.3 Å². The number of thiophene rings is 1. The molecule has 0 fully saturated rings. The average molecular weight is 669 g/mol. The molecule has 6 rings (SSSR count). The average Bonchev–Trinajstić information content (AvgIpc) is 3.55. The van der Waals surface area contributed by atoms with E-state index in [4.69, 9.17) is 0 Å². The summed E-state index contributed by atoms with van der Waals surface area (Å²) in [5.74, 6) is 0. The van der Waals surface area contributed by atoms with E-state index in [-0.39, 0.29) is 0 Å². The molecule has 1 aromatic heterocycles. The van der Waals surface area contributed by atoms with Gasteiger partial charge in [-0.3, -0.25) is 0 Å². The van der Waals surface area contributed by atoms with Gasteiger partial charge in [0.15, 0.2) is 0 Å². The molecule has 0 unspecified atom stereocenters. The van der Waals surface area contributed by atoms with Crippen molar-refractivity contribution in [2.24, 2.45) is 5.73 Å². The maximum Gasteiger partial charge on any atom is 0.0434 e. The number of hydrogen-bond donors (Lipinski definition) is 1. The highest BCUT2D eigenvalue weighted by Crippen LogP contribution is 2.44. The third kappa shape index (κ3) is 12.4. The molecular weight excluding hydrogens is 613 g/mol. The van der Waals surface area contributed by atoms with E-state index >= 15 is 0 Å². The molecule has 2 heterocycles. The van der Waals surface area contributed by atoms with Crippen LogP contribution in [0.3, 0.4) is 0 Å². The second-order valence-electron chi connectivity index (χ2n) is 11.0. The largest absolute Gasteiger partial charge is 0.358 e. The minimum absolute atomic E-state index is 0.920. The lowest BCUT2D eigenvalue weighted by Gasteiger charge is -2.14. The Morgan fingerprint density at radius 3 is 1.96 bits per heavy atom. The lowest BCUT2D eigenvalue weighted by molar-refractivity contribution is 0.626. The van der Waals surface area contributed by atoms with Crippen LogP contribution in [0, 0.1) is 0 Å². The van der Waals surface area contributed by atoms with Crippen LogP contribution in [-0.4, -0.2) is 19.0 Å². The molecule has 0 bridgehead atoms. The number of hydrogen-bond acceptors (Lipinski definition) is 3. The summed E-state index contributed by atoms with van der Waals surface area (Å²) in [5, 5.41) is 2.60. The van der Waals surface area contributed by atoms with Crippen molar-refractivity contribution in [2.45, 2.75) is 52.4 Å². The van der Waals surface area contributed by atoms with Crippen molar-refractivity contribution in [3.05, 3.63) is 171 Å². The van der Waals surface area contributed by atoms with E-state index in [2.05, 4.69) is 141 Å². The number of benzene rings is 3. The molecule has 0 amide bonds. The highest BCUT2D eigenvalue weighted by atomic mass is 32.1. The zero-order valence-corrected chi connectivity index (χ0v) is 31.0. The highest BCUT2D eigenvalue weighted by Gasteiger charge is 2.17. The summed E-state index contributed by atoms with van der Waals surface area (Å²) in [6, 6.07) is 21.8. The van der Waals surface area contributed by atoms with Gasteiger partial charge in [0, 0.05) is 33.4 Å². The molecular formula is C46H56N2S. The Balaban J connectivity index is 0.000000383. The maximum absolute atomic E-state index is 4.50. The van der Waals surface area contributed by atoms with Crippen LogP contribution < -0.4 is 5.73 Å². The fourth-order valence-electron chi connectivity index (χ4n) is 5.32. The van der Waals surface area contributed by atoms with Crippen LogP contribution in [0.15, 0.2) is 160 Å². The first-order chi connectivity index (χ1) is 24.0. The predicted molar refractivity (Wildman–Crippen MR) is 226 cm³/mol. The second kappa shape index (κ2) is 23.6. The van der Waals surface area contributed by atoms with E-state index in [9.17, 15) is 0 Å². The zero-order valence-electron chi connectivity index (χ0n) is 30.2. The quantitative estimate of drug-likeness (QED) is 0.173. The Kier molecular flexibility index (Phi) is 19.5. The minimum Gasteiger partial charge on any atom is -0.358 e. The molecule has 3 heteroatoms. The second-order valence-corrected chi connectivity index (χ2v) is 12.1. The van der Waals surface area contributed by atoms with Crippen molar-refractivity contribution in [1.29, 1.82) is 0 Å². The Labute approximate surface area is 301 Å². The lowest BCUT2D eigenvalue weighted by Crippen LogP contribution is -1.99. The molecule has 2 N–H and O–H groups in total. The number of nitrogens with two attached hydrogens (primary N) is 1. The van der Waals surface area contributed by atoms with Crippen molar-refractivity contribution in [3.8, 4) is 11.1 Å². The molecule has 2 aliphatic rings. The number of rotatable bonds is 4. The van der Waals surface area contributed by atoms with Crippen LogP contribution in [0.5, 0.6) is 0 Å². The first kappa shape index (κ1) is 40.5. The topological polar surface area (TPSA) is 29.3 Å². The van der Waals surface area contributed by atoms with E-state index in [1.807, 2.05) is 49.5 Å². The molecule has 4 aromatic rings. The number of allylic oxidation sites excluding steroid dienone is 11. The molecule has 1 aliphatic heterocycles. The minimum atomic E-state index is 0.920. The SMILES string of the molecule is C1=CCCCC1.C=C1CC/C=C\N(C)/C=C\c2c(ccc3sc4c(-c5ccccc5)cccc4c23)C1=C.C=CC=C/C=C\C=C.CC.CN. The molecule has 49 heavy (non-hydrogen) atoms. The van der Waals surface area contributed by atoms with Gasteiger partial charge in [-0.2, -0.15) is 0 Å². The van der Waals surface area contributed by atoms with Crippen LogP contribution in [0.1, 0.15) is 63.5 Å². The highest BCUT2D eigenvalue weighted by molar-refractivity contribution is 7.26. The molecule has 3 aromatic carbocycles. The number of fused-ring (bicyclic) bond motifs is 5. The smallest absolute Gasteiger partial charge is 0.0434 e. The molecule has 0 radical (unpaired) electrons. The maximum atomic E-state index is 4.50. The predicted octanol–water partition coefficient (Wildman–Crippen LogP) is 13.7. The standard InChI is InChI=1S/C29H25NS.C8H10.C6H10.C2H6.CH5N/c1-20-10-7-8-18-30(3)19-17-25-23(21(20)2)15-16-27-28(25)26-14-9-13-24(29(26)31-27)22-11-5-4-6-12-22;1-3-5-7-8-6-4-2;1-2-4-6-5-3-1;2*1-2/h4-6,8-9,11-19H,1-2,7,10H2,3H3;3-8H,1-2H2;1-2H,3-6H2;1-2H3;2H2,1H3/b18-8-,19-17-;7-5-,8-6?;;;. The summed E-state index contributed by atoms with van der Waals surface area (Å²) in [4.78, 5) is 2.11. The van der Waals surface area contributed by atoms with E-state index in [0.29, 0.717) is 0 Å². The molecule has 256 valence electrons. The third-order valence-corrected chi connectivity index (χ3v) is 8.94. The van der Waals surface area contributed by atoms with E-state index in [0.717, 1.165) is 24.0 Å². The van der Waals surface area contributed by atoms with Gasteiger partial charge in [-0.15, -0.1) is 11.3 Å². The van der Waals surface area contributed by atoms with Gasteiger partial charge in [0.2, 0.25) is 0 Å². The molecule has 0 saturated heterocycles. The normalized spacial score (nSPS) is 15.2. The molecule has 2 nitrogen and oxygen atoms in total. The summed E-state index contributed by atoms with van der Waals surface area (Å²) >= 11 is 1.87. The Morgan fingerprint density at radius 2 is 1.37 bits per heavy atom. The van der Waals surface area contributed by atoms with Crippen molar-refractivity contribution < 1.29 is 0 Å². The van der Waals surface area contributed by atoms with Gasteiger partial charge in [0.05, 0.1) is 0 Å².